The topological polar surface area (TPSA) is 66.6 Å². The Balaban J connectivity index is 0.000000821. The van der Waals surface area contributed by atoms with E-state index in [1.54, 1.807) is 6.07 Å². The summed E-state index contributed by atoms with van der Waals surface area (Å²) >= 11 is 0. The molecule has 3 aromatic heterocycles. The SMILES string of the molecule is CCC.Cc1cccc(C(=O)N2CCCC[C@H]2c2cc3nc(N4CCCC4)c(C)cn3n2)n1. The predicted molar refractivity (Wildman–Crippen MR) is 132 cm³/mol. The first kappa shape index (κ1) is 23.2. The van der Waals surface area contributed by atoms with E-state index in [4.69, 9.17) is 10.1 Å². The summed E-state index contributed by atoms with van der Waals surface area (Å²) in [6, 6.07) is 7.63. The third kappa shape index (κ3) is 5.02. The highest BCUT2D eigenvalue weighted by Crippen LogP contribution is 2.32. The van der Waals surface area contributed by atoms with Gasteiger partial charge in [0.25, 0.3) is 5.91 Å². The zero-order chi connectivity index (χ0) is 23.4. The fraction of sp³-hybridized carbons (Fsp3) is 0.538. The van der Waals surface area contributed by atoms with Crippen molar-refractivity contribution < 1.29 is 4.79 Å². The Kier molecular flexibility index (Phi) is 7.26. The summed E-state index contributed by atoms with van der Waals surface area (Å²) in [5.41, 5.74) is 4.28. The fourth-order valence-electron chi connectivity index (χ4n) is 4.72. The average Bonchev–Trinajstić information content (AvgIpc) is 3.48. The summed E-state index contributed by atoms with van der Waals surface area (Å²) in [6.45, 7) is 11.1. The lowest BCUT2D eigenvalue weighted by atomic mass is 9.99. The molecule has 0 spiro atoms. The van der Waals surface area contributed by atoms with Gasteiger partial charge < -0.3 is 9.80 Å². The van der Waals surface area contributed by atoms with Crippen molar-refractivity contribution in [3.05, 3.63) is 53.1 Å². The first-order valence-electron chi connectivity index (χ1n) is 12.4. The summed E-state index contributed by atoms with van der Waals surface area (Å²) in [6.07, 6.45) is 8.79. The van der Waals surface area contributed by atoms with Gasteiger partial charge in [-0.05, 0) is 58.1 Å². The number of likely N-dealkylation sites (tertiary alicyclic amines) is 1. The summed E-state index contributed by atoms with van der Waals surface area (Å²) in [7, 11) is 0. The second-order valence-electron chi connectivity index (χ2n) is 9.20. The molecule has 0 aromatic carbocycles. The van der Waals surface area contributed by atoms with Crippen molar-refractivity contribution in [2.75, 3.05) is 24.5 Å². The summed E-state index contributed by atoms with van der Waals surface area (Å²) < 4.78 is 1.87. The van der Waals surface area contributed by atoms with E-state index < -0.39 is 0 Å². The molecule has 1 amide bonds. The third-order valence-corrected chi connectivity index (χ3v) is 6.24. The zero-order valence-corrected chi connectivity index (χ0v) is 20.4. The number of anilines is 1. The molecule has 2 aliphatic heterocycles. The molecule has 0 unspecified atom stereocenters. The Morgan fingerprint density at radius 2 is 1.76 bits per heavy atom. The smallest absolute Gasteiger partial charge is 0.273 e. The Hall–Kier alpha value is -2.96. The highest BCUT2D eigenvalue weighted by Gasteiger charge is 2.31. The Morgan fingerprint density at radius 3 is 2.48 bits per heavy atom. The first-order valence-corrected chi connectivity index (χ1v) is 12.4. The van der Waals surface area contributed by atoms with Crippen LogP contribution in [0.1, 0.15) is 85.9 Å². The number of amides is 1. The largest absolute Gasteiger partial charge is 0.356 e. The number of pyridine rings is 1. The van der Waals surface area contributed by atoms with Crippen LogP contribution in [0.25, 0.3) is 5.65 Å². The minimum atomic E-state index is -0.0363. The van der Waals surface area contributed by atoms with Crippen LogP contribution in [-0.2, 0) is 0 Å². The number of nitrogens with zero attached hydrogens (tertiary/aromatic N) is 6. The number of fused-ring (bicyclic) bond motifs is 1. The molecule has 5 heterocycles. The molecule has 0 radical (unpaired) electrons. The molecule has 3 aromatic rings. The maximum atomic E-state index is 13.2. The van der Waals surface area contributed by atoms with E-state index in [-0.39, 0.29) is 11.9 Å². The van der Waals surface area contributed by atoms with Crippen LogP contribution in [-0.4, -0.2) is 50.0 Å². The molecular weight excluding hydrogens is 412 g/mol. The molecule has 1 atom stereocenters. The Morgan fingerprint density at radius 1 is 1.03 bits per heavy atom. The summed E-state index contributed by atoms with van der Waals surface area (Å²) in [5.74, 6) is 1.05. The normalized spacial score (nSPS) is 18.4. The summed E-state index contributed by atoms with van der Waals surface area (Å²) in [5, 5.41) is 4.83. The van der Waals surface area contributed by atoms with Crippen molar-refractivity contribution in [3.8, 4) is 0 Å². The van der Waals surface area contributed by atoms with Gasteiger partial charge in [-0.1, -0.05) is 26.3 Å². The van der Waals surface area contributed by atoms with E-state index in [1.165, 1.54) is 19.3 Å². The molecule has 176 valence electrons. The van der Waals surface area contributed by atoms with Gasteiger partial charge in [0.2, 0.25) is 0 Å². The number of aryl methyl sites for hydroxylation is 2. The quantitative estimate of drug-likeness (QED) is 0.556. The van der Waals surface area contributed by atoms with Gasteiger partial charge >= 0.3 is 0 Å². The Bertz CT molecular complexity index is 1100. The molecule has 0 bridgehead atoms. The fourth-order valence-corrected chi connectivity index (χ4v) is 4.72. The average molecular weight is 449 g/mol. The molecule has 33 heavy (non-hydrogen) atoms. The lowest BCUT2D eigenvalue weighted by Gasteiger charge is -2.34. The molecule has 2 aliphatic rings. The van der Waals surface area contributed by atoms with Gasteiger partial charge in [0, 0.05) is 43.2 Å². The van der Waals surface area contributed by atoms with Crippen molar-refractivity contribution in [1.82, 2.24) is 24.5 Å². The van der Waals surface area contributed by atoms with Gasteiger partial charge in [-0.15, -0.1) is 0 Å². The van der Waals surface area contributed by atoms with Gasteiger partial charge in [-0.2, -0.15) is 5.10 Å². The highest BCUT2D eigenvalue weighted by molar-refractivity contribution is 5.92. The lowest BCUT2D eigenvalue weighted by molar-refractivity contribution is 0.0599. The molecule has 5 rings (SSSR count). The number of carbonyl (C=O) groups excluding carboxylic acids is 1. The van der Waals surface area contributed by atoms with E-state index in [9.17, 15) is 4.79 Å². The van der Waals surface area contributed by atoms with Crippen LogP contribution in [0.4, 0.5) is 5.82 Å². The molecule has 0 saturated carbocycles. The standard InChI is InChI=1S/C23H28N6O.C3H8/c1-16-15-29-21(25-22(16)27-11-5-6-12-27)14-19(26-29)20-10-3-4-13-28(20)23(30)18-9-7-8-17(2)24-18;1-3-2/h7-9,14-15,20H,3-6,10-13H2,1-2H3;3H2,1-2H3/t20-;/m0./s1. The molecular formula is C26H36N6O. The molecule has 7 heteroatoms. The van der Waals surface area contributed by atoms with Crippen molar-refractivity contribution >= 4 is 17.4 Å². The van der Waals surface area contributed by atoms with Gasteiger partial charge in [-0.25, -0.2) is 14.5 Å². The van der Waals surface area contributed by atoms with Crippen LogP contribution in [0.3, 0.4) is 0 Å². The van der Waals surface area contributed by atoms with Crippen molar-refractivity contribution in [3.63, 3.8) is 0 Å². The maximum absolute atomic E-state index is 13.2. The number of hydrogen-bond donors (Lipinski definition) is 0. The third-order valence-electron chi connectivity index (χ3n) is 6.24. The number of piperidine rings is 1. The molecule has 0 N–H and O–H groups in total. The van der Waals surface area contributed by atoms with Crippen molar-refractivity contribution in [1.29, 1.82) is 0 Å². The number of rotatable bonds is 3. The monoisotopic (exact) mass is 448 g/mol. The van der Waals surface area contributed by atoms with Crippen LogP contribution < -0.4 is 4.90 Å². The van der Waals surface area contributed by atoms with Gasteiger partial charge in [0.1, 0.15) is 11.5 Å². The maximum Gasteiger partial charge on any atom is 0.273 e. The van der Waals surface area contributed by atoms with E-state index in [0.29, 0.717) is 5.69 Å². The Labute approximate surface area is 196 Å². The number of hydrogen-bond acceptors (Lipinski definition) is 5. The predicted octanol–water partition coefficient (Wildman–Crippen LogP) is 5.13. The van der Waals surface area contributed by atoms with Crippen molar-refractivity contribution in [2.24, 2.45) is 0 Å². The van der Waals surface area contributed by atoms with Gasteiger partial charge in [-0.3, -0.25) is 4.79 Å². The zero-order valence-electron chi connectivity index (χ0n) is 20.4. The molecule has 2 saturated heterocycles. The van der Waals surface area contributed by atoms with Crippen LogP contribution in [0.5, 0.6) is 0 Å². The molecule has 0 aliphatic carbocycles. The molecule has 2 fully saturated rings. The highest BCUT2D eigenvalue weighted by atomic mass is 16.2. The minimum Gasteiger partial charge on any atom is -0.356 e. The number of aromatic nitrogens is 4. The van der Waals surface area contributed by atoms with E-state index in [2.05, 4.69) is 42.9 Å². The van der Waals surface area contributed by atoms with Crippen LogP contribution in [0.2, 0.25) is 0 Å². The number of carbonyl (C=O) groups is 1. The van der Waals surface area contributed by atoms with Crippen LogP contribution in [0.15, 0.2) is 30.5 Å². The van der Waals surface area contributed by atoms with E-state index in [0.717, 1.165) is 67.3 Å². The van der Waals surface area contributed by atoms with Crippen LogP contribution >= 0.6 is 0 Å². The lowest BCUT2D eigenvalue weighted by Crippen LogP contribution is -2.39. The van der Waals surface area contributed by atoms with E-state index >= 15 is 0 Å². The molecule has 7 nitrogen and oxygen atoms in total. The van der Waals surface area contributed by atoms with Gasteiger partial charge in [0.15, 0.2) is 5.65 Å². The minimum absolute atomic E-state index is 0.0117. The van der Waals surface area contributed by atoms with Crippen LogP contribution in [0, 0.1) is 13.8 Å². The second-order valence-corrected chi connectivity index (χ2v) is 9.20. The van der Waals surface area contributed by atoms with Gasteiger partial charge in [0.05, 0.1) is 11.7 Å². The van der Waals surface area contributed by atoms with E-state index in [1.807, 2.05) is 28.5 Å². The summed E-state index contributed by atoms with van der Waals surface area (Å²) in [4.78, 5) is 26.9. The first-order chi connectivity index (χ1) is 16.0. The van der Waals surface area contributed by atoms with Crippen molar-refractivity contribution in [2.45, 2.75) is 72.3 Å². The second kappa shape index (κ2) is 10.3.